The summed E-state index contributed by atoms with van der Waals surface area (Å²) in [7, 11) is 0. The van der Waals surface area contributed by atoms with Crippen molar-refractivity contribution in [2.24, 2.45) is 11.8 Å². The molecule has 1 fully saturated rings. The number of rotatable bonds is 4. The van der Waals surface area contributed by atoms with E-state index in [1.807, 2.05) is 6.07 Å². The molecular weight excluding hydrogens is 452 g/mol. The van der Waals surface area contributed by atoms with Gasteiger partial charge in [-0.15, -0.1) is 12.1 Å². The zero-order valence-electron chi connectivity index (χ0n) is 21.6. The van der Waals surface area contributed by atoms with Crippen LogP contribution in [-0.2, 0) is 6.42 Å². The second-order valence-electron chi connectivity index (χ2n) is 11.2. The van der Waals surface area contributed by atoms with Crippen molar-refractivity contribution in [2.45, 2.75) is 46.0 Å². The molecule has 5 aromatic rings. The molecule has 2 aromatic heterocycles. The van der Waals surface area contributed by atoms with E-state index in [1.165, 1.54) is 58.8 Å². The van der Waals surface area contributed by atoms with Gasteiger partial charge in [0.25, 0.3) is 5.58 Å². The summed E-state index contributed by atoms with van der Waals surface area (Å²) in [5.41, 5.74) is 8.01. The van der Waals surface area contributed by atoms with Gasteiger partial charge in [0.1, 0.15) is 0 Å². The first-order chi connectivity index (χ1) is 18.1. The lowest BCUT2D eigenvalue weighted by Gasteiger charge is -2.30. The second-order valence-corrected chi connectivity index (χ2v) is 11.2. The zero-order chi connectivity index (χ0) is 25.1. The van der Waals surface area contributed by atoms with E-state index < -0.39 is 0 Å². The number of nitrogens with zero attached hydrogens (tertiary/aromatic N) is 2. The van der Waals surface area contributed by atoms with Crippen LogP contribution in [0.4, 0.5) is 5.69 Å². The molecule has 1 saturated carbocycles. The van der Waals surface area contributed by atoms with E-state index in [9.17, 15) is 0 Å². The fraction of sp³-hybridized carbons (Fsp3) is 0.265. The number of hydrogen-bond donors (Lipinski definition) is 0. The highest BCUT2D eigenvalue weighted by atomic mass is 16.3. The van der Waals surface area contributed by atoms with Crippen LogP contribution >= 0.6 is 0 Å². The summed E-state index contributed by atoms with van der Waals surface area (Å²) in [4.78, 5) is 4.54. The predicted molar refractivity (Wildman–Crippen MR) is 153 cm³/mol. The first-order valence-electron chi connectivity index (χ1n) is 13.6. The van der Waals surface area contributed by atoms with Crippen LogP contribution in [0.2, 0.25) is 0 Å². The zero-order valence-corrected chi connectivity index (χ0v) is 21.6. The van der Waals surface area contributed by atoms with Gasteiger partial charge in [-0.05, 0) is 52.8 Å². The number of furan rings is 1. The average Bonchev–Trinajstić information content (AvgIpc) is 3.57. The molecule has 1 aliphatic heterocycles. The van der Waals surface area contributed by atoms with Crippen molar-refractivity contribution < 1.29 is 8.99 Å². The van der Waals surface area contributed by atoms with Crippen LogP contribution in [0, 0.1) is 17.9 Å². The van der Waals surface area contributed by atoms with Gasteiger partial charge in [0.15, 0.2) is 11.7 Å². The normalized spacial score (nSPS) is 16.4. The van der Waals surface area contributed by atoms with Crippen molar-refractivity contribution >= 4 is 50.8 Å². The minimum atomic E-state index is 0.561. The average molecular weight is 485 g/mol. The molecule has 3 nitrogen and oxygen atoms in total. The maximum Gasteiger partial charge on any atom is 0.377 e. The Hall–Kier alpha value is -3.85. The van der Waals surface area contributed by atoms with E-state index in [2.05, 4.69) is 90.8 Å². The predicted octanol–water partition coefficient (Wildman–Crippen LogP) is 8.84. The Balaban J connectivity index is 1.50. The number of allylic oxidation sites excluding steroid dienone is 1. The molecule has 184 valence electrons. The van der Waals surface area contributed by atoms with Crippen LogP contribution in [0.25, 0.3) is 38.4 Å². The summed E-state index contributed by atoms with van der Waals surface area (Å²) in [6.07, 6.45) is 10.3. The molecule has 0 atom stereocenters. The first kappa shape index (κ1) is 22.4. The van der Waals surface area contributed by atoms with E-state index in [0.29, 0.717) is 17.5 Å². The molecule has 0 N–H and O–H groups in total. The third-order valence-corrected chi connectivity index (χ3v) is 8.19. The Kier molecular flexibility index (Phi) is 5.21. The maximum absolute atomic E-state index is 6.45. The molecule has 3 heteroatoms. The lowest BCUT2D eigenvalue weighted by Crippen LogP contribution is -2.20. The fourth-order valence-electron chi connectivity index (χ4n) is 6.55. The summed E-state index contributed by atoms with van der Waals surface area (Å²) in [5, 5.41) is 4.81. The van der Waals surface area contributed by atoms with Crippen LogP contribution in [0.15, 0.2) is 77.4 Å². The lowest BCUT2D eigenvalue weighted by atomic mass is 9.81. The molecule has 37 heavy (non-hydrogen) atoms. The van der Waals surface area contributed by atoms with Crippen LogP contribution in [-0.4, -0.2) is 16.3 Å². The van der Waals surface area contributed by atoms with Crippen molar-refractivity contribution in [3.63, 3.8) is 0 Å². The van der Waals surface area contributed by atoms with E-state index in [4.69, 9.17) is 4.42 Å². The summed E-state index contributed by atoms with van der Waals surface area (Å²) >= 11 is 0. The molecule has 0 amide bonds. The highest BCUT2D eigenvalue weighted by Crippen LogP contribution is 2.49. The van der Waals surface area contributed by atoms with E-state index in [-0.39, 0.29) is 0 Å². The Labute approximate surface area is 218 Å². The van der Waals surface area contributed by atoms with Crippen LogP contribution in [0.3, 0.4) is 0 Å². The van der Waals surface area contributed by atoms with Crippen LogP contribution in [0.1, 0.15) is 56.2 Å². The van der Waals surface area contributed by atoms with Gasteiger partial charge >= 0.3 is 5.71 Å². The Morgan fingerprint density at radius 2 is 1.86 bits per heavy atom. The number of hydrogen-bond acceptors (Lipinski definition) is 1. The number of aromatic nitrogens is 1. The van der Waals surface area contributed by atoms with Gasteiger partial charge in [0.05, 0.1) is 12.3 Å². The highest BCUT2D eigenvalue weighted by molar-refractivity contribution is 6.06. The molecule has 3 aromatic carbocycles. The van der Waals surface area contributed by atoms with Gasteiger partial charge in [-0.25, -0.2) is 9.56 Å². The topological polar surface area (TPSA) is 27.2 Å². The van der Waals surface area contributed by atoms with Crippen molar-refractivity contribution in [1.29, 1.82) is 0 Å². The third kappa shape index (κ3) is 3.60. The van der Waals surface area contributed by atoms with Gasteiger partial charge in [-0.1, -0.05) is 93.1 Å². The smallest absolute Gasteiger partial charge is 0.268 e. The number of pyridine rings is 1. The third-order valence-electron chi connectivity index (χ3n) is 8.19. The first-order valence-corrected chi connectivity index (χ1v) is 13.6. The molecule has 0 bridgehead atoms. The number of benzene rings is 3. The number of fused-ring (bicyclic) bond motifs is 6. The monoisotopic (exact) mass is 484 g/mol. The summed E-state index contributed by atoms with van der Waals surface area (Å²) in [6, 6.07) is 23.1. The quantitative estimate of drug-likeness (QED) is 0.145. The molecule has 0 spiro atoms. The van der Waals surface area contributed by atoms with Crippen LogP contribution in [0.5, 0.6) is 0 Å². The standard InChI is InChI=1S/C34H32N2O/c1-21(2)17-22-18-28-26-13-8-16-35-34(26)37-33(28)29(19-22)31-20-27(23-9-4-5-10-23)32-25-12-7-6-11-24(25)14-15-30(32)36(31)3/h6-8,11-16,18-21,23H,3-5,9-10,17H2,1-2H3. The van der Waals surface area contributed by atoms with Gasteiger partial charge in [-0.2, -0.15) is 0 Å². The molecule has 7 rings (SSSR count). The highest BCUT2D eigenvalue weighted by Gasteiger charge is 2.34. The minimum Gasteiger partial charge on any atom is -0.268 e. The molecular formula is C34H32N2O. The van der Waals surface area contributed by atoms with Gasteiger partial charge < -0.3 is 0 Å². The molecule has 1 aliphatic carbocycles. The van der Waals surface area contributed by atoms with E-state index in [0.717, 1.165) is 34.4 Å². The lowest BCUT2D eigenvalue weighted by molar-refractivity contribution is -0.400. The molecule has 3 heterocycles. The molecule has 0 saturated heterocycles. The molecule has 0 unspecified atom stereocenters. The van der Waals surface area contributed by atoms with Crippen molar-refractivity contribution in [2.75, 3.05) is 0 Å². The maximum atomic E-state index is 6.45. The summed E-state index contributed by atoms with van der Waals surface area (Å²) in [5.74, 6) is 1.13. The van der Waals surface area contributed by atoms with Gasteiger partial charge in [-0.3, -0.25) is 4.42 Å². The van der Waals surface area contributed by atoms with Crippen molar-refractivity contribution in [1.82, 2.24) is 4.98 Å². The Morgan fingerprint density at radius 3 is 2.70 bits per heavy atom. The molecule has 0 radical (unpaired) electrons. The molecule has 2 aliphatic rings. The van der Waals surface area contributed by atoms with E-state index >= 15 is 0 Å². The van der Waals surface area contributed by atoms with Gasteiger partial charge in [0, 0.05) is 10.9 Å². The minimum absolute atomic E-state index is 0.561. The fourth-order valence-corrected chi connectivity index (χ4v) is 6.55. The van der Waals surface area contributed by atoms with Crippen LogP contribution < -0.4 is 0 Å². The Bertz CT molecular complexity index is 1710. The van der Waals surface area contributed by atoms with Gasteiger partial charge in [0.2, 0.25) is 0 Å². The summed E-state index contributed by atoms with van der Waals surface area (Å²) in [6.45, 7) is 9.17. The largest absolute Gasteiger partial charge is 0.377 e. The summed E-state index contributed by atoms with van der Waals surface area (Å²) < 4.78 is 8.58. The van der Waals surface area contributed by atoms with Crippen molar-refractivity contribution in [3.8, 4) is 0 Å². The Morgan fingerprint density at radius 1 is 1.03 bits per heavy atom. The second kappa shape index (κ2) is 8.62. The SMILES string of the molecule is C=[N+]1c2ccc3ccccc3c2C(C2CCCC2)=C[C-]1c1cc(CC(C)C)cc2c1[o+][c-]1ncccc21. The van der Waals surface area contributed by atoms with E-state index in [1.54, 1.807) is 6.20 Å². The van der Waals surface area contributed by atoms with Crippen molar-refractivity contribution in [3.05, 3.63) is 95.7 Å².